The molecule has 7 nitrogen and oxygen atoms in total. The Balaban J connectivity index is 1.76. The van der Waals surface area contributed by atoms with E-state index in [9.17, 15) is 9.59 Å². The number of cyclic esters (lactones) is 2. The lowest BCUT2D eigenvalue weighted by molar-refractivity contribution is -0.222. The molecule has 1 aromatic rings. The number of halogens is 1. The van der Waals surface area contributed by atoms with Crippen LogP contribution in [0, 0.1) is 0 Å². The zero-order valence-electron chi connectivity index (χ0n) is 14.5. The average Bonchev–Trinajstić information content (AvgIpc) is 3.05. The maximum atomic E-state index is 12.1. The maximum absolute atomic E-state index is 12.1. The molecule has 0 aliphatic carbocycles. The van der Waals surface area contributed by atoms with Crippen LogP contribution in [0.15, 0.2) is 28.2 Å². The number of carbonyl (C=O) groups excluding carboxylic acids is 2. The Kier molecular flexibility index (Phi) is 5.64. The monoisotopic (exact) mass is 426 g/mol. The van der Waals surface area contributed by atoms with Crippen LogP contribution < -0.4 is 4.74 Å². The SMILES string of the molecule is CC1(C)OC(=O)C(=Cc2cc(Br)ccc2OCCC2OCCO2)C(=O)O1. The molecule has 2 aliphatic rings. The van der Waals surface area contributed by atoms with Gasteiger partial charge in [0.05, 0.1) is 19.8 Å². The van der Waals surface area contributed by atoms with Crippen molar-refractivity contribution in [1.82, 2.24) is 0 Å². The van der Waals surface area contributed by atoms with Gasteiger partial charge in [0.1, 0.15) is 11.3 Å². The largest absolute Gasteiger partial charge is 0.493 e. The van der Waals surface area contributed by atoms with Crippen LogP contribution in [0.2, 0.25) is 0 Å². The molecule has 0 amide bonds. The molecular formula is C18H19BrO7. The second-order valence-electron chi connectivity index (χ2n) is 6.23. The minimum Gasteiger partial charge on any atom is -0.493 e. The van der Waals surface area contributed by atoms with Crippen LogP contribution in [0.4, 0.5) is 0 Å². The van der Waals surface area contributed by atoms with E-state index in [-0.39, 0.29) is 11.9 Å². The van der Waals surface area contributed by atoms with E-state index < -0.39 is 17.7 Å². The second kappa shape index (κ2) is 7.77. The van der Waals surface area contributed by atoms with Crippen molar-refractivity contribution in [3.63, 3.8) is 0 Å². The van der Waals surface area contributed by atoms with Crippen LogP contribution in [0.1, 0.15) is 25.8 Å². The van der Waals surface area contributed by atoms with E-state index in [0.717, 1.165) is 4.47 Å². The first kappa shape index (κ1) is 18.9. The smallest absolute Gasteiger partial charge is 0.348 e. The van der Waals surface area contributed by atoms with Gasteiger partial charge in [-0.15, -0.1) is 0 Å². The number of hydrogen-bond acceptors (Lipinski definition) is 7. The lowest BCUT2D eigenvalue weighted by Gasteiger charge is -2.29. The van der Waals surface area contributed by atoms with E-state index in [0.29, 0.717) is 37.6 Å². The minimum absolute atomic E-state index is 0.185. The molecule has 140 valence electrons. The van der Waals surface area contributed by atoms with Crippen LogP contribution in [0.3, 0.4) is 0 Å². The molecule has 26 heavy (non-hydrogen) atoms. The van der Waals surface area contributed by atoms with E-state index in [1.54, 1.807) is 18.2 Å². The third-order valence-electron chi connectivity index (χ3n) is 3.69. The van der Waals surface area contributed by atoms with Crippen molar-refractivity contribution in [3.05, 3.63) is 33.8 Å². The molecule has 0 aromatic heterocycles. The third kappa shape index (κ3) is 4.63. The summed E-state index contributed by atoms with van der Waals surface area (Å²) in [5, 5.41) is 0. The fourth-order valence-electron chi connectivity index (χ4n) is 2.54. The fraction of sp³-hybridized carbons (Fsp3) is 0.444. The van der Waals surface area contributed by atoms with Gasteiger partial charge < -0.3 is 23.7 Å². The Hall–Kier alpha value is -1.90. The number of carbonyl (C=O) groups is 2. The van der Waals surface area contributed by atoms with Crippen molar-refractivity contribution >= 4 is 33.9 Å². The predicted molar refractivity (Wildman–Crippen MR) is 94.2 cm³/mol. The molecule has 8 heteroatoms. The zero-order chi connectivity index (χ0) is 18.7. The summed E-state index contributed by atoms with van der Waals surface area (Å²) in [6, 6.07) is 5.29. The summed E-state index contributed by atoms with van der Waals surface area (Å²) < 4.78 is 27.5. The van der Waals surface area contributed by atoms with E-state index in [1.165, 1.54) is 19.9 Å². The standard InChI is InChI=1S/C18H19BrO7/c1-18(2)25-16(20)13(17(21)26-18)10-11-9-12(19)3-4-14(11)22-6-5-15-23-7-8-24-15/h3-4,9-10,15H,5-8H2,1-2H3. The summed E-state index contributed by atoms with van der Waals surface area (Å²) in [4.78, 5) is 24.3. The lowest BCUT2D eigenvalue weighted by atomic mass is 10.1. The Bertz CT molecular complexity index is 713. The molecule has 0 bridgehead atoms. The van der Waals surface area contributed by atoms with E-state index in [2.05, 4.69) is 15.9 Å². The molecule has 0 N–H and O–H groups in total. The van der Waals surface area contributed by atoms with Gasteiger partial charge >= 0.3 is 11.9 Å². The highest BCUT2D eigenvalue weighted by Crippen LogP contribution is 2.29. The van der Waals surface area contributed by atoms with Gasteiger partial charge in [0, 0.05) is 30.3 Å². The van der Waals surface area contributed by atoms with E-state index in [4.69, 9.17) is 23.7 Å². The molecule has 3 rings (SSSR count). The highest BCUT2D eigenvalue weighted by atomic mass is 79.9. The summed E-state index contributed by atoms with van der Waals surface area (Å²) in [6.07, 6.45) is 1.71. The molecule has 0 saturated carbocycles. The minimum atomic E-state index is -1.27. The molecular weight excluding hydrogens is 408 g/mol. The number of hydrogen-bond donors (Lipinski definition) is 0. The van der Waals surface area contributed by atoms with Gasteiger partial charge in [-0.05, 0) is 24.3 Å². The maximum Gasteiger partial charge on any atom is 0.348 e. The quantitative estimate of drug-likeness (QED) is 0.406. The van der Waals surface area contributed by atoms with Crippen molar-refractivity contribution in [2.75, 3.05) is 19.8 Å². The molecule has 2 aliphatic heterocycles. The summed E-state index contributed by atoms with van der Waals surface area (Å²) in [5.74, 6) is -2.22. The van der Waals surface area contributed by atoms with Gasteiger partial charge in [0.2, 0.25) is 0 Å². The predicted octanol–water partition coefficient (Wildman–Crippen LogP) is 2.81. The summed E-state index contributed by atoms with van der Waals surface area (Å²) in [6.45, 7) is 4.53. The lowest BCUT2D eigenvalue weighted by Crippen LogP contribution is -2.41. The molecule has 1 aromatic carbocycles. The molecule has 2 heterocycles. The van der Waals surface area contributed by atoms with Crippen molar-refractivity contribution in [2.24, 2.45) is 0 Å². The first-order valence-corrected chi connectivity index (χ1v) is 8.97. The van der Waals surface area contributed by atoms with Gasteiger partial charge in [-0.3, -0.25) is 0 Å². The second-order valence-corrected chi connectivity index (χ2v) is 7.14. The van der Waals surface area contributed by atoms with Crippen LogP contribution >= 0.6 is 15.9 Å². The van der Waals surface area contributed by atoms with Gasteiger partial charge in [-0.25, -0.2) is 9.59 Å². The van der Waals surface area contributed by atoms with Gasteiger partial charge in [0.15, 0.2) is 6.29 Å². The van der Waals surface area contributed by atoms with Gasteiger partial charge in [-0.1, -0.05) is 15.9 Å². The Labute approximate surface area is 159 Å². The Morgan fingerprint density at radius 2 is 1.85 bits per heavy atom. The summed E-state index contributed by atoms with van der Waals surface area (Å²) in [5.41, 5.74) is 0.367. The molecule has 0 atom stereocenters. The summed E-state index contributed by atoms with van der Waals surface area (Å²) in [7, 11) is 0. The Morgan fingerprint density at radius 1 is 1.19 bits per heavy atom. The zero-order valence-corrected chi connectivity index (χ0v) is 16.0. The first-order valence-electron chi connectivity index (χ1n) is 8.18. The number of benzene rings is 1. The van der Waals surface area contributed by atoms with Crippen LogP contribution in [0.25, 0.3) is 6.08 Å². The Morgan fingerprint density at radius 3 is 2.50 bits per heavy atom. The van der Waals surface area contributed by atoms with Crippen molar-refractivity contribution in [1.29, 1.82) is 0 Å². The van der Waals surface area contributed by atoms with E-state index in [1.807, 2.05) is 0 Å². The number of esters is 2. The normalized spacial score (nSPS) is 19.9. The van der Waals surface area contributed by atoms with Crippen molar-refractivity contribution in [2.45, 2.75) is 32.3 Å². The van der Waals surface area contributed by atoms with Crippen molar-refractivity contribution < 1.29 is 33.3 Å². The highest BCUT2D eigenvalue weighted by Gasteiger charge is 2.39. The topological polar surface area (TPSA) is 80.3 Å². The number of ether oxygens (including phenoxy) is 5. The molecule has 0 spiro atoms. The van der Waals surface area contributed by atoms with Gasteiger partial charge in [-0.2, -0.15) is 0 Å². The average molecular weight is 427 g/mol. The fourth-order valence-corrected chi connectivity index (χ4v) is 2.92. The highest BCUT2D eigenvalue weighted by molar-refractivity contribution is 9.10. The van der Waals surface area contributed by atoms with E-state index >= 15 is 0 Å². The number of rotatable bonds is 5. The molecule has 0 radical (unpaired) electrons. The molecule has 2 fully saturated rings. The summed E-state index contributed by atoms with van der Waals surface area (Å²) >= 11 is 3.37. The third-order valence-corrected chi connectivity index (χ3v) is 4.18. The van der Waals surface area contributed by atoms with Crippen LogP contribution in [-0.2, 0) is 28.5 Å². The molecule has 0 unspecified atom stereocenters. The van der Waals surface area contributed by atoms with Gasteiger partial charge in [0.25, 0.3) is 5.79 Å². The van der Waals surface area contributed by atoms with Crippen LogP contribution in [-0.4, -0.2) is 43.8 Å². The van der Waals surface area contributed by atoms with Crippen molar-refractivity contribution in [3.8, 4) is 5.75 Å². The first-order chi connectivity index (χ1) is 12.3. The van der Waals surface area contributed by atoms with Crippen LogP contribution in [0.5, 0.6) is 5.75 Å². The molecule has 2 saturated heterocycles.